The van der Waals surface area contributed by atoms with Gasteiger partial charge in [-0.05, 0) is 56.0 Å². The summed E-state index contributed by atoms with van der Waals surface area (Å²) in [6.07, 6.45) is 0.168. The maximum absolute atomic E-state index is 6.03. The van der Waals surface area contributed by atoms with Crippen molar-refractivity contribution in [2.24, 2.45) is 5.92 Å². The summed E-state index contributed by atoms with van der Waals surface area (Å²) in [5.74, 6) is 1.40. The largest absolute Gasteiger partial charge is 0.496 e. The normalized spacial score (nSPS) is 14.3. The number of rotatable bonds is 8. The van der Waals surface area contributed by atoms with Gasteiger partial charge in [0, 0.05) is 6.61 Å². The monoisotopic (exact) mass is 293 g/mol. The van der Waals surface area contributed by atoms with Crippen LogP contribution in [0.4, 0.5) is 0 Å². The van der Waals surface area contributed by atoms with Gasteiger partial charge in [-0.1, -0.05) is 26.8 Å². The van der Waals surface area contributed by atoms with Crippen LogP contribution in [-0.4, -0.2) is 26.4 Å². The maximum atomic E-state index is 6.03. The molecule has 0 aliphatic carbocycles. The molecular formula is C18H31NO2. The van der Waals surface area contributed by atoms with Crippen LogP contribution in [0.2, 0.25) is 0 Å². The summed E-state index contributed by atoms with van der Waals surface area (Å²) in [5.41, 5.74) is 3.72. The molecule has 0 saturated heterocycles. The fourth-order valence-corrected chi connectivity index (χ4v) is 2.86. The second kappa shape index (κ2) is 8.40. The summed E-state index contributed by atoms with van der Waals surface area (Å²) >= 11 is 0. The fourth-order valence-electron chi connectivity index (χ4n) is 2.86. The van der Waals surface area contributed by atoms with Gasteiger partial charge in [0.25, 0.3) is 0 Å². The molecule has 3 heteroatoms. The zero-order valence-electron chi connectivity index (χ0n) is 14.6. The third-order valence-corrected chi connectivity index (χ3v) is 3.89. The van der Waals surface area contributed by atoms with Crippen molar-refractivity contribution in [2.75, 3.05) is 20.3 Å². The first-order chi connectivity index (χ1) is 9.96. The molecule has 0 amide bonds. The van der Waals surface area contributed by atoms with Gasteiger partial charge in [0.15, 0.2) is 0 Å². The summed E-state index contributed by atoms with van der Waals surface area (Å²) in [4.78, 5) is 0. The molecule has 1 rings (SSSR count). The van der Waals surface area contributed by atoms with Crippen molar-refractivity contribution < 1.29 is 9.47 Å². The van der Waals surface area contributed by atoms with Crippen LogP contribution in [-0.2, 0) is 4.74 Å². The minimum atomic E-state index is 0.168. The van der Waals surface area contributed by atoms with Crippen molar-refractivity contribution in [1.29, 1.82) is 0 Å². The van der Waals surface area contributed by atoms with Gasteiger partial charge in [0.05, 0.1) is 19.3 Å². The first kappa shape index (κ1) is 18.0. The number of nitrogens with one attached hydrogen (secondary N) is 1. The van der Waals surface area contributed by atoms with Crippen LogP contribution in [0.5, 0.6) is 5.75 Å². The smallest absolute Gasteiger partial charge is 0.122 e. The molecule has 0 aromatic heterocycles. The van der Waals surface area contributed by atoms with Gasteiger partial charge in [-0.25, -0.2) is 0 Å². The Labute approximate surface area is 130 Å². The first-order valence-corrected chi connectivity index (χ1v) is 7.96. The average molecular weight is 293 g/mol. The zero-order chi connectivity index (χ0) is 16.0. The minimum Gasteiger partial charge on any atom is -0.496 e. The molecule has 0 fully saturated rings. The van der Waals surface area contributed by atoms with E-state index in [1.165, 1.54) is 16.7 Å². The molecule has 120 valence electrons. The molecular weight excluding hydrogens is 262 g/mol. The molecule has 2 atom stereocenters. The molecule has 0 spiro atoms. The van der Waals surface area contributed by atoms with E-state index in [9.17, 15) is 0 Å². The maximum Gasteiger partial charge on any atom is 0.122 e. The Hall–Kier alpha value is -1.06. The highest BCUT2D eigenvalue weighted by Crippen LogP contribution is 2.31. The lowest BCUT2D eigenvalue weighted by molar-refractivity contribution is 0.00301. The van der Waals surface area contributed by atoms with Crippen molar-refractivity contribution in [1.82, 2.24) is 5.32 Å². The highest BCUT2D eigenvalue weighted by Gasteiger charge is 2.27. The Kier molecular flexibility index (Phi) is 7.20. The number of methoxy groups -OCH3 is 1. The van der Waals surface area contributed by atoms with E-state index < -0.39 is 0 Å². The highest BCUT2D eigenvalue weighted by atomic mass is 16.5. The van der Waals surface area contributed by atoms with E-state index in [0.717, 1.165) is 18.9 Å². The Balaban J connectivity index is 3.23. The molecule has 0 aliphatic rings. The van der Waals surface area contributed by atoms with Gasteiger partial charge < -0.3 is 14.8 Å². The van der Waals surface area contributed by atoms with Crippen LogP contribution in [0.3, 0.4) is 0 Å². The van der Waals surface area contributed by atoms with Crippen molar-refractivity contribution in [2.45, 2.75) is 53.7 Å². The molecule has 1 aromatic carbocycles. The SMILES string of the molecule is CCNC(c1cc(C)c(OC)cc1C)C(OCC)C(C)C. The summed E-state index contributed by atoms with van der Waals surface area (Å²) < 4.78 is 11.5. The van der Waals surface area contributed by atoms with E-state index in [0.29, 0.717) is 5.92 Å². The zero-order valence-corrected chi connectivity index (χ0v) is 14.6. The lowest BCUT2D eigenvalue weighted by Gasteiger charge is -2.32. The quantitative estimate of drug-likeness (QED) is 0.785. The molecule has 0 radical (unpaired) electrons. The molecule has 1 aromatic rings. The van der Waals surface area contributed by atoms with E-state index in [2.05, 4.69) is 59.0 Å². The molecule has 3 nitrogen and oxygen atoms in total. The minimum absolute atomic E-state index is 0.168. The molecule has 2 unspecified atom stereocenters. The van der Waals surface area contributed by atoms with Gasteiger partial charge >= 0.3 is 0 Å². The van der Waals surface area contributed by atoms with Crippen molar-refractivity contribution in [3.63, 3.8) is 0 Å². The highest BCUT2D eigenvalue weighted by molar-refractivity contribution is 5.43. The number of ether oxygens (including phenoxy) is 2. The van der Waals surface area contributed by atoms with E-state index in [1.54, 1.807) is 7.11 Å². The molecule has 21 heavy (non-hydrogen) atoms. The molecule has 0 aliphatic heterocycles. The summed E-state index contributed by atoms with van der Waals surface area (Å²) in [6, 6.07) is 4.56. The Bertz CT molecular complexity index is 443. The number of aryl methyl sites for hydroxylation is 2. The van der Waals surface area contributed by atoms with Crippen LogP contribution >= 0.6 is 0 Å². The molecule has 1 N–H and O–H groups in total. The summed E-state index contributed by atoms with van der Waals surface area (Å²) in [5, 5.41) is 3.60. The van der Waals surface area contributed by atoms with Crippen LogP contribution in [0, 0.1) is 19.8 Å². The van der Waals surface area contributed by atoms with Crippen LogP contribution in [0.25, 0.3) is 0 Å². The second-order valence-corrected chi connectivity index (χ2v) is 5.88. The number of hydrogen-bond acceptors (Lipinski definition) is 3. The van der Waals surface area contributed by atoms with E-state index >= 15 is 0 Å². The molecule has 0 bridgehead atoms. The Morgan fingerprint density at radius 3 is 2.24 bits per heavy atom. The second-order valence-electron chi connectivity index (χ2n) is 5.88. The summed E-state index contributed by atoms with van der Waals surface area (Å²) in [6.45, 7) is 14.5. The number of benzene rings is 1. The topological polar surface area (TPSA) is 30.5 Å². The van der Waals surface area contributed by atoms with Gasteiger partial charge in [0.1, 0.15) is 5.75 Å². The number of hydrogen-bond donors (Lipinski definition) is 1. The van der Waals surface area contributed by atoms with Gasteiger partial charge in [0.2, 0.25) is 0 Å². The lowest BCUT2D eigenvalue weighted by Crippen LogP contribution is -2.37. The molecule has 0 heterocycles. The van der Waals surface area contributed by atoms with Crippen LogP contribution < -0.4 is 10.1 Å². The van der Waals surface area contributed by atoms with Crippen LogP contribution in [0.15, 0.2) is 12.1 Å². The van der Waals surface area contributed by atoms with E-state index in [4.69, 9.17) is 9.47 Å². The van der Waals surface area contributed by atoms with E-state index in [1.807, 2.05) is 0 Å². The predicted molar refractivity (Wildman–Crippen MR) is 89.1 cm³/mol. The van der Waals surface area contributed by atoms with E-state index in [-0.39, 0.29) is 12.1 Å². The van der Waals surface area contributed by atoms with Crippen molar-refractivity contribution in [3.05, 3.63) is 28.8 Å². The Morgan fingerprint density at radius 2 is 1.76 bits per heavy atom. The van der Waals surface area contributed by atoms with Crippen molar-refractivity contribution in [3.8, 4) is 5.75 Å². The first-order valence-electron chi connectivity index (χ1n) is 7.96. The van der Waals surface area contributed by atoms with Gasteiger partial charge in [-0.15, -0.1) is 0 Å². The average Bonchev–Trinajstić information content (AvgIpc) is 2.44. The predicted octanol–water partition coefficient (Wildman–Crippen LogP) is 4.02. The standard InChI is InChI=1S/C18H31NO2/c1-8-19-17(18(12(3)4)21-9-2)15-10-14(6)16(20-7)11-13(15)5/h10-12,17-19H,8-9H2,1-7H3. The van der Waals surface area contributed by atoms with Gasteiger partial charge in [-0.3, -0.25) is 0 Å². The third kappa shape index (κ3) is 4.45. The van der Waals surface area contributed by atoms with Crippen LogP contribution in [0.1, 0.15) is 50.4 Å². The molecule has 0 saturated carbocycles. The fraction of sp³-hybridized carbons (Fsp3) is 0.667. The Morgan fingerprint density at radius 1 is 1.10 bits per heavy atom. The lowest BCUT2D eigenvalue weighted by atomic mass is 9.89. The van der Waals surface area contributed by atoms with Crippen molar-refractivity contribution >= 4 is 0 Å². The summed E-state index contributed by atoms with van der Waals surface area (Å²) in [7, 11) is 1.72. The number of likely N-dealkylation sites (N-methyl/N-ethyl adjacent to an activating group) is 1. The van der Waals surface area contributed by atoms with Gasteiger partial charge in [-0.2, -0.15) is 0 Å². The third-order valence-electron chi connectivity index (χ3n) is 3.89.